The fraction of sp³-hybridized carbons (Fsp3) is 0. The number of nitrogens with zero attached hydrogens (tertiary/aromatic N) is 2. The van der Waals surface area contributed by atoms with Gasteiger partial charge in [0.25, 0.3) is 0 Å². The van der Waals surface area contributed by atoms with Crippen molar-refractivity contribution in [2.45, 2.75) is 0 Å². The number of carbonyl (C=O) groups is 1. The number of hydrogen-bond acceptors (Lipinski definition) is 5. The molecule has 0 unspecified atom stereocenters. The molecule has 148 valence electrons. The van der Waals surface area contributed by atoms with Crippen LogP contribution in [0.3, 0.4) is 0 Å². The van der Waals surface area contributed by atoms with Gasteiger partial charge in [0.05, 0.1) is 16.1 Å². The Kier molecular flexibility index (Phi) is 4.79. The standard InChI is InChI=1S/C25H16N4OS/c26-12-19-13-27-14-22(25(19)29-20-4-6-23-17(11-20)8-9-28-23)16-2-1-3-18(10-16)24-7-5-21(15-30)31-24/h1-11,13-15,28H,(H,27,29). The number of H-pyrrole nitrogens is 1. The summed E-state index contributed by atoms with van der Waals surface area (Å²) < 4.78 is 0. The molecule has 0 saturated heterocycles. The van der Waals surface area contributed by atoms with Gasteiger partial charge in [0, 0.05) is 45.6 Å². The number of pyridine rings is 1. The van der Waals surface area contributed by atoms with Crippen molar-refractivity contribution in [3.63, 3.8) is 0 Å². The van der Waals surface area contributed by atoms with Gasteiger partial charge in [0.15, 0.2) is 6.29 Å². The maximum Gasteiger partial charge on any atom is 0.160 e. The average molecular weight is 420 g/mol. The van der Waals surface area contributed by atoms with Gasteiger partial charge in [0.2, 0.25) is 0 Å². The zero-order chi connectivity index (χ0) is 21.2. The molecule has 5 nitrogen and oxygen atoms in total. The first-order valence-electron chi connectivity index (χ1n) is 9.63. The molecule has 2 aromatic carbocycles. The van der Waals surface area contributed by atoms with Crippen LogP contribution in [-0.2, 0) is 0 Å². The predicted molar refractivity (Wildman–Crippen MR) is 125 cm³/mol. The van der Waals surface area contributed by atoms with Crippen LogP contribution in [0.1, 0.15) is 15.2 Å². The first-order chi connectivity index (χ1) is 15.2. The minimum absolute atomic E-state index is 0.469. The summed E-state index contributed by atoms with van der Waals surface area (Å²) in [6, 6.07) is 22.1. The van der Waals surface area contributed by atoms with Crippen LogP contribution in [0, 0.1) is 11.3 Å². The molecule has 0 amide bonds. The number of aromatic nitrogens is 2. The topological polar surface area (TPSA) is 81.6 Å². The Balaban J connectivity index is 1.59. The van der Waals surface area contributed by atoms with Gasteiger partial charge in [-0.25, -0.2) is 0 Å². The first-order valence-corrected chi connectivity index (χ1v) is 10.4. The van der Waals surface area contributed by atoms with Crippen molar-refractivity contribution in [3.8, 4) is 27.6 Å². The molecule has 0 spiro atoms. The normalized spacial score (nSPS) is 10.7. The Morgan fingerprint density at radius 2 is 1.94 bits per heavy atom. The molecular weight excluding hydrogens is 404 g/mol. The molecule has 0 aliphatic carbocycles. The fourth-order valence-electron chi connectivity index (χ4n) is 3.59. The van der Waals surface area contributed by atoms with Gasteiger partial charge >= 0.3 is 0 Å². The highest BCUT2D eigenvalue weighted by Crippen LogP contribution is 2.36. The van der Waals surface area contributed by atoms with E-state index in [0.29, 0.717) is 16.1 Å². The van der Waals surface area contributed by atoms with Gasteiger partial charge in [-0.3, -0.25) is 9.78 Å². The molecular formula is C25H16N4OS. The van der Waals surface area contributed by atoms with E-state index in [4.69, 9.17) is 0 Å². The van der Waals surface area contributed by atoms with Crippen LogP contribution in [0.5, 0.6) is 0 Å². The van der Waals surface area contributed by atoms with Crippen LogP contribution in [0.15, 0.2) is 79.3 Å². The summed E-state index contributed by atoms with van der Waals surface area (Å²) in [4.78, 5) is 20.2. The summed E-state index contributed by atoms with van der Waals surface area (Å²) in [6.07, 6.45) is 6.10. The van der Waals surface area contributed by atoms with E-state index in [0.717, 1.165) is 44.4 Å². The van der Waals surface area contributed by atoms with Crippen LogP contribution in [0.4, 0.5) is 11.4 Å². The van der Waals surface area contributed by atoms with E-state index in [1.807, 2.05) is 60.8 Å². The van der Waals surface area contributed by atoms with Crippen molar-refractivity contribution in [2.24, 2.45) is 0 Å². The summed E-state index contributed by atoms with van der Waals surface area (Å²) in [7, 11) is 0. The van der Waals surface area contributed by atoms with Crippen LogP contribution >= 0.6 is 11.3 Å². The molecule has 0 aliphatic heterocycles. The highest BCUT2D eigenvalue weighted by molar-refractivity contribution is 7.17. The van der Waals surface area contributed by atoms with E-state index in [9.17, 15) is 10.1 Å². The molecule has 31 heavy (non-hydrogen) atoms. The van der Waals surface area contributed by atoms with Crippen molar-refractivity contribution in [3.05, 3.63) is 89.7 Å². The molecule has 3 heterocycles. The number of aromatic amines is 1. The van der Waals surface area contributed by atoms with Crippen LogP contribution in [0.2, 0.25) is 0 Å². The Labute approximate surface area is 182 Å². The zero-order valence-corrected chi connectivity index (χ0v) is 17.1. The monoisotopic (exact) mass is 420 g/mol. The maximum atomic E-state index is 11.1. The van der Waals surface area contributed by atoms with E-state index in [-0.39, 0.29) is 0 Å². The summed E-state index contributed by atoms with van der Waals surface area (Å²) in [5.41, 5.74) is 5.91. The third-order valence-electron chi connectivity index (χ3n) is 5.09. The molecule has 0 aliphatic rings. The minimum atomic E-state index is 0.469. The lowest BCUT2D eigenvalue weighted by Crippen LogP contribution is -1.98. The van der Waals surface area contributed by atoms with E-state index >= 15 is 0 Å². The highest BCUT2D eigenvalue weighted by Gasteiger charge is 2.13. The van der Waals surface area contributed by atoms with Gasteiger partial charge in [-0.2, -0.15) is 5.26 Å². The van der Waals surface area contributed by atoms with Gasteiger partial charge < -0.3 is 10.3 Å². The average Bonchev–Trinajstić information content (AvgIpc) is 3.48. The molecule has 0 bridgehead atoms. The van der Waals surface area contributed by atoms with Gasteiger partial charge in [-0.1, -0.05) is 18.2 Å². The fourth-order valence-corrected chi connectivity index (χ4v) is 4.40. The second-order valence-electron chi connectivity index (χ2n) is 7.03. The Hall–Kier alpha value is -4.21. The number of carbonyl (C=O) groups excluding carboxylic acids is 1. The van der Waals surface area contributed by atoms with Crippen molar-refractivity contribution in [1.29, 1.82) is 5.26 Å². The lowest BCUT2D eigenvalue weighted by atomic mass is 10.0. The lowest BCUT2D eigenvalue weighted by molar-refractivity contribution is 0.112. The van der Waals surface area contributed by atoms with Gasteiger partial charge in [0.1, 0.15) is 6.07 Å². The third-order valence-corrected chi connectivity index (χ3v) is 6.15. The summed E-state index contributed by atoms with van der Waals surface area (Å²) in [5, 5.41) is 14.2. The smallest absolute Gasteiger partial charge is 0.160 e. The first kappa shape index (κ1) is 18.8. The Bertz CT molecular complexity index is 1460. The maximum absolute atomic E-state index is 11.1. The van der Waals surface area contributed by atoms with E-state index in [1.165, 1.54) is 11.3 Å². The van der Waals surface area contributed by atoms with Gasteiger partial charge in [-0.05, 0) is 53.6 Å². The zero-order valence-electron chi connectivity index (χ0n) is 16.3. The molecule has 0 atom stereocenters. The number of benzene rings is 2. The van der Waals surface area contributed by atoms with Crippen molar-refractivity contribution >= 4 is 39.9 Å². The van der Waals surface area contributed by atoms with Crippen molar-refractivity contribution in [2.75, 3.05) is 5.32 Å². The van der Waals surface area contributed by atoms with E-state index in [1.54, 1.807) is 12.4 Å². The number of fused-ring (bicyclic) bond motifs is 1. The number of nitriles is 1. The van der Waals surface area contributed by atoms with E-state index in [2.05, 4.69) is 27.4 Å². The quantitative estimate of drug-likeness (QED) is 0.323. The minimum Gasteiger partial charge on any atom is -0.361 e. The summed E-state index contributed by atoms with van der Waals surface area (Å²) >= 11 is 1.45. The number of aldehydes is 1. The highest BCUT2D eigenvalue weighted by atomic mass is 32.1. The molecule has 3 aromatic heterocycles. The molecule has 0 radical (unpaired) electrons. The molecule has 2 N–H and O–H groups in total. The van der Waals surface area contributed by atoms with Crippen molar-refractivity contribution in [1.82, 2.24) is 9.97 Å². The Morgan fingerprint density at radius 1 is 1.03 bits per heavy atom. The number of anilines is 2. The second kappa shape index (κ2) is 7.90. The Morgan fingerprint density at radius 3 is 2.77 bits per heavy atom. The van der Waals surface area contributed by atoms with Crippen LogP contribution < -0.4 is 5.32 Å². The van der Waals surface area contributed by atoms with Crippen LogP contribution in [0.25, 0.3) is 32.5 Å². The molecule has 0 fully saturated rings. The number of nitrogens with one attached hydrogen (secondary N) is 2. The SMILES string of the molecule is N#Cc1cncc(-c2cccc(-c3ccc(C=O)s3)c2)c1Nc1ccc2[nH]ccc2c1. The van der Waals surface area contributed by atoms with Gasteiger partial charge in [-0.15, -0.1) is 11.3 Å². The van der Waals surface area contributed by atoms with Crippen molar-refractivity contribution < 1.29 is 4.79 Å². The lowest BCUT2D eigenvalue weighted by Gasteiger charge is -2.14. The largest absolute Gasteiger partial charge is 0.361 e. The van der Waals surface area contributed by atoms with Crippen LogP contribution in [-0.4, -0.2) is 16.3 Å². The summed E-state index contributed by atoms with van der Waals surface area (Å²) in [6.45, 7) is 0. The molecule has 5 rings (SSSR count). The second-order valence-corrected chi connectivity index (χ2v) is 8.14. The predicted octanol–water partition coefficient (Wildman–Crippen LogP) is 6.39. The van der Waals surface area contributed by atoms with E-state index < -0.39 is 0 Å². The molecule has 5 aromatic rings. The number of thiophene rings is 1. The molecule has 6 heteroatoms. The molecule has 0 saturated carbocycles. The summed E-state index contributed by atoms with van der Waals surface area (Å²) in [5.74, 6) is 0. The number of rotatable bonds is 5. The third kappa shape index (κ3) is 3.59. The number of hydrogen-bond donors (Lipinski definition) is 2.